The summed E-state index contributed by atoms with van der Waals surface area (Å²) in [5.41, 5.74) is 3.09. The van der Waals surface area contributed by atoms with Crippen LogP contribution in [0.25, 0.3) is 11.3 Å². The van der Waals surface area contributed by atoms with E-state index in [0.717, 1.165) is 24.9 Å². The van der Waals surface area contributed by atoms with Crippen LogP contribution in [0.1, 0.15) is 56.1 Å². The van der Waals surface area contributed by atoms with Gasteiger partial charge in [0.05, 0.1) is 0 Å². The summed E-state index contributed by atoms with van der Waals surface area (Å²) in [5, 5.41) is 4.07. The molecule has 2 heterocycles. The Morgan fingerprint density at radius 3 is 2.64 bits per heavy atom. The molecule has 25 heavy (non-hydrogen) atoms. The zero-order chi connectivity index (χ0) is 17.8. The van der Waals surface area contributed by atoms with E-state index in [1.54, 1.807) is 6.07 Å². The molecule has 0 spiro atoms. The molecule has 0 radical (unpaired) electrons. The summed E-state index contributed by atoms with van der Waals surface area (Å²) in [6.45, 7) is 9.82. The smallest absolute Gasteiger partial charge is 0.276 e. The molecule has 1 aromatic heterocycles. The standard InChI is InChI=1S/C21H26N2O2/c1-14-5-7-15(8-6-14)18-9-17(22-25-18)19(24)23-13-21(4)11-16(23)10-20(2,3)12-21/h5-9,16H,10-13H2,1-4H3/t16-,21-/m1/s1. The van der Waals surface area contributed by atoms with Crippen LogP contribution in [0.5, 0.6) is 0 Å². The van der Waals surface area contributed by atoms with Crippen LogP contribution in [-0.4, -0.2) is 28.6 Å². The Balaban J connectivity index is 1.57. The van der Waals surface area contributed by atoms with Crippen LogP contribution in [0, 0.1) is 17.8 Å². The first kappa shape index (κ1) is 16.4. The number of rotatable bonds is 2. The Morgan fingerprint density at radius 2 is 1.92 bits per heavy atom. The number of carbonyl (C=O) groups is 1. The molecule has 1 aromatic carbocycles. The summed E-state index contributed by atoms with van der Waals surface area (Å²) in [4.78, 5) is 15.1. The molecule has 4 heteroatoms. The summed E-state index contributed by atoms with van der Waals surface area (Å²) >= 11 is 0. The maximum absolute atomic E-state index is 13.0. The van der Waals surface area contributed by atoms with Crippen LogP contribution in [0.3, 0.4) is 0 Å². The predicted molar refractivity (Wildman–Crippen MR) is 97.2 cm³/mol. The maximum Gasteiger partial charge on any atom is 0.276 e. The highest BCUT2D eigenvalue weighted by atomic mass is 16.5. The zero-order valence-electron chi connectivity index (χ0n) is 15.5. The largest absolute Gasteiger partial charge is 0.355 e. The molecule has 132 valence electrons. The van der Waals surface area contributed by atoms with Gasteiger partial charge in [-0.2, -0.15) is 0 Å². The highest BCUT2D eigenvalue weighted by Crippen LogP contribution is 2.52. The number of benzene rings is 1. The average molecular weight is 338 g/mol. The molecule has 2 fully saturated rings. The highest BCUT2D eigenvalue weighted by Gasteiger charge is 2.51. The lowest BCUT2D eigenvalue weighted by Gasteiger charge is -2.39. The number of hydrogen-bond acceptors (Lipinski definition) is 3. The van der Waals surface area contributed by atoms with Crippen molar-refractivity contribution in [2.75, 3.05) is 6.54 Å². The molecule has 4 nitrogen and oxygen atoms in total. The van der Waals surface area contributed by atoms with E-state index >= 15 is 0 Å². The molecule has 1 saturated carbocycles. The van der Waals surface area contributed by atoms with Crippen LogP contribution in [-0.2, 0) is 0 Å². The predicted octanol–water partition coefficient (Wildman–Crippen LogP) is 4.69. The molecule has 1 amide bonds. The van der Waals surface area contributed by atoms with Crippen LogP contribution >= 0.6 is 0 Å². The zero-order valence-corrected chi connectivity index (χ0v) is 15.5. The lowest BCUT2D eigenvalue weighted by atomic mass is 9.65. The Kier molecular flexibility index (Phi) is 3.57. The first-order valence-corrected chi connectivity index (χ1v) is 9.10. The van der Waals surface area contributed by atoms with Gasteiger partial charge in [0, 0.05) is 24.2 Å². The summed E-state index contributed by atoms with van der Waals surface area (Å²) in [6, 6.07) is 10.2. The van der Waals surface area contributed by atoms with Gasteiger partial charge in [-0.3, -0.25) is 4.79 Å². The summed E-state index contributed by atoms with van der Waals surface area (Å²) in [7, 11) is 0. The van der Waals surface area contributed by atoms with Crippen molar-refractivity contribution >= 4 is 5.91 Å². The topological polar surface area (TPSA) is 46.3 Å². The summed E-state index contributed by atoms with van der Waals surface area (Å²) < 4.78 is 5.45. The van der Waals surface area contributed by atoms with E-state index < -0.39 is 0 Å². The van der Waals surface area contributed by atoms with Gasteiger partial charge in [0.25, 0.3) is 5.91 Å². The van der Waals surface area contributed by atoms with Gasteiger partial charge >= 0.3 is 0 Å². The van der Waals surface area contributed by atoms with Crippen LogP contribution in [0.2, 0.25) is 0 Å². The molecule has 1 saturated heterocycles. The minimum Gasteiger partial charge on any atom is -0.355 e. The molecule has 0 N–H and O–H groups in total. The number of fused-ring (bicyclic) bond motifs is 2. The van der Waals surface area contributed by atoms with Crippen LogP contribution < -0.4 is 0 Å². The first-order chi connectivity index (χ1) is 11.7. The SMILES string of the molecule is Cc1ccc(-c2cc(C(=O)N3C[C@]4(C)C[C@H]3CC(C)(C)C4)no2)cc1. The molecule has 2 aromatic rings. The Hall–Kier alpha value is -2.10. The molecule has 2 bridgehead atoms. The number of nitrogens with zero attached hydrogens (tertiary/aromatic N) is 2. The number of aromatic nitrogens is 1. The molecule has 2 atom stereocenters. The van der Waals surface area contributed by atoms with Crippen molar-refractivity contribution in [2.24, 2.45) is 10.8 Å². The molecular weight excluding hydrogens is 312 g/mol. The molecule has 0 unspecified atom stereocenters. The molecule has 1 aliphatic carbocycles. The normalized spacial score (nSPS) is 27.5. The minimum atomic E-state index is 0.00790. The third-order valence-electron chi connectivity index (χ3n) is 5.74. The highest BCUT2D eigenvalue weighted by molar-refractivity contribution is 5.93. The number of hydrogen-bond donors (Lipinski definition) is 0. The van der Waals surface area contributed by atoms with Gasteiger partial charge in [0.2, 0.25) is 0 Å². The van der Waals surface area contributed by atoms with E-state index in [2.05, 4.69) is 25.9 Å². The van der Waals surface area contributed by atoms with Crippen molar-refractivity contribution in [1.29, 1.82) is 0 Å². The fourth-order valence-electron chi connectivity index (χ4n) is 5.07. The monoisotopic (exact) mass is 338 g/mol. The molecule has 4 rings (SSSR count). The molecule has 2 aliphatic rings. The number of amides is 1. The van der Waals surface area contributed by atoms with E-state index in [4.69, 9.17) is 4.52 Å². The van der Waals surface area contributed by atoms with Crippen molar-refractivity contribution in [3.05, 3.63) is 41.6 Å². The van der Waals surface area contributed by atoms with Gasteiger partial charge in [-0.1, -0.05) is 55.8 Å². The van der Waals surface area contributed by atoms with Gasteiger partial charge in [-0.25, -0.2) is 0 Å². The van der Waals surface area contributed by atoms with Crippen molar-refractivity contribution in [3.8, 4) is 11.3 Å². The van der Waals surface area contributed by atoms with Gasteiger partial charge in [-0.05, 0) is 37.0 Å². The molecule has 1 aliphatic heterocycles. The third kappa shape index (κ3) is 2.99. The average Bonchev–Trinajstić information content (AvgIpc) is 3.09. The van der Waals surface area contributed by atoms with E-state index in [-0.39, 0.29) is 11.3 Å². The lowest BCUT2D eigenvalue weighted by molar-refractivity contribution is 0.0698. The molecular formula is C21H26N2O2. The van der Waals surface area contributed by atoms with Crippen molar-refractivity contribution in [2.45, 2.75) is 53.0 Å². The van der Waals surface area contributed by atoms with E-state index in [0.29, 0.717) is 22.9 Å². The first-order valence-electron chi connectivity index (χ1n) is 9.10. The Morgan fingerprint density at radius 1 is 1.20 bits per heavy atom. The second-order valence-corrected chi connectivity index (χ2v) is 9.09. The van der Waals surface area contributed by atoms with Gasteiger partial charge in [-0.15, -0.1) is 0 Å². The quantitative estimate of drug-likeness (QED) is 0.798. The maximum atomic E-state index is 13.0. The van der Waals surface area contributed by atoms with Gasteiger partial charge in [0.15, 0.2) is 11.5 Å². The van der Waals surface area contributed by atoms with E-state index in [9.17, 15) is 4.79 Å². The summed E-state index contributed by atoms with van der Waals surface area (Å²) in [5.74, 6) is 0.658. The van der Waals surface area contributed by atoms with Crippen molar-refractivity contribution in [1.82, 2.24) is 10.1 Å². The lowest BCUT2D eigenvalue weighted by Crippen LogP contribution is -2.37. The van der Waals surface area contributed by atoms with Crippen LogP contribution in [0.4, 0.5) is 0 Å². The summed E-state index contributed by atoms with van der Waals surface area (Å²) in [6.07, 6.45) is 3.34. The fraction of sp³-hybridized carbons (Fsp3) is 0.524. The Labute approximate surface area is 149 Å². The van der Waals surface area contributed by atoms with Crippen LogP contribution in [0.15, 0.2) is 34.9 Å². The van der Waals surface area contributed by atoms with Gasteiger partial charge < -0.3 is 9.42 Å². The van der Waals surface area contributed by atoms with E-state index in [1.807, 2.05) is 36.1 Å². The van der Waals surface area contributed by atoms with E-state index in [1.165, 1.54) is 12.0 Å². The second kappa shape index (κ2) is 5.45. The number of likely N-dealkylation sites (tertiary alicyclic amines) is 1. The minimum absolute atomic E-state index is 0.00790. The van der Waals surface area contributed by atoms with Crippen molar-refractivity contribution in [3.63, 3.8) is 0 Å². The number of aryl methyl sites for hydroxylation is 1. The van der Waals surface area contributed by atoms with Gasteiger partial charge in [0.1, 0.15) is 0 Å². The van der Waals surface area contributed by atoms with Crippen molar-refractivity contribution < 1.29 is 9.32 Å². The number of carbonyl (C=O) groups excluding carboxylic acids is 1. The fourth-order valence-corrected chi connectivity index (χ4v) is 5.07. The third-order valence-corrected chi connectivity index (χ3v) is 5.74. The second-order valence-electron chi connectivity index (χ2n) is 9.09. The Bertz CT molecular complexity index is 806.